The first-order valence-corrected chi connectivity index (χ1v) is 5.05. The van der Waals surface area contributed by atoms with E-state index in [0.29, 0.717) is 12.0 Å². The van der Waals surface area contributed by atoms with Crippen molar-refractivity contribution in [2.24, 2.45) is 7.05 Å². The van der Waals surface area contributed by atoms with Crippen molar-refractivity contribution < 1.29 is 9.90 Å². The Bertz CT molecular complexity index is 443. The topological polar surface area (TPSA) is 55.1 Å². The monoisotopic (exact) mass is 206 g/mol. The molecule has 80 valence electrons. The highest BCUT2D eigenvalue weighted by Gasteiger charge is 2.23. The third-order valence-corrected chi connectivity index (χ3v) is 2.81. The fourth-order valence-electron chi connectivity index (χ4n) is 2.17. The largest absolute Gasteiger partial charge is 0.478 e. The van der Waals surface area contributed by atoms with Gasteiger partial charge in [0.25, 0.3) is 0 Å². The molecule has 0 aliphatic heterocycles. The van der Waals surface area contributed by atoms with Crippen LogP contribution in [0.4, 0.5) is 0 Å². The molecular formula is C11H14N2O2. The Hall–Kier alpha value is -1.58. The number of nitrogens with zero attached hydrogens (tertiary/aromatic N) is 2. The maximum absolute atomic E-state index is 11.0. The van der Waals surface area contributed by atoms with Crippen LogP contribution in [0.1, 0.15) is 30.5 Å². The van der Waals surface area contributed by atoms with Crippen molar-refractivity contribution in [2.45, 2.75) is 26.2 Å². The van der Waals surface area contributed by atoms with Gasteiger partial charge in [-0.25, -0.2) is 4.79 Å². The Balaban J connectivity index is 2.50. The molecule has 2 rings (SSSR count). The molecule has 0 radical (unpaired) electrons. The summed E-state index contributed by atoms with van der Waals surface area (Å²) in [4.78, 5) is 11.0. The molecule has 1 aliphatic carbocycles. The van der Waals surface area contributed by atoms with Gasteiger partial charge in [-0.05, 0) is 31.8 Å². The molecular weight excluding hydrogens is 192 g/mol. The summed E-state index contributed by atoms with van der Waals surface area (Å²) in [5.41, 5.74) is 3.43. The van der Waals surface area contributed by atoms with E-state index in [1.807, 2.05) is 20.2 Å². The maximum atomic E-state index is 11.0. The van der Waals surface area contributed by atoms with Gasteiger partial charge >= 0.3 is 5.97 Å². The van der Waals surface area contributed by atoms with Crippen LogP contribution in [0.25, 0.3) is 5.57 Å². The highest BCUT2D eigenvalue weighted by Crippen LogP contribution is 2.34. The zero-order chi connectivity index (χ0) is 11.0. The number of rotatable bonds is 2. The highest BCUT2D eigenvalue weighted by molar-refractivity contribution is 5.97. The SMILES string of the molecule is Cc1nn(C)cc1C1=C(C(=O)O)CCC1. The van der Waals surface area contributed by atoms with Crippen LogP contribution in [-0.4, -0.2) is 20.9 Å². The van der Waals surface area contributed by atoms with E-state index in [1.54, 1.807) is 4.68 Å². The van der Waals surface area contributed by atoms with Crippen molar-refractivity contribution in [3.8, 4) is 0 Å². The van der Waals surface area contributed by atoms with Crippen molar-refractivity contribution in [1.29, 1.82) is 0 Å². The van der Waals surface area contributed by atoms with Gasteiger partial charge in [-0.15, -0.1) is 0 Å². The van der Waals surface area contributed by atoms with Crippen LogP contribution in [-0.2, 0) is 11.8 Å². The summed E-state index contributed by atoms with van der Waals surface area (Å²) in [6, 6.07) is 0. The van der Waals surface area contributed by atoms with Gasteiger partial charge in [-0.1, -0.05) is 0 Å². The average Bonchev–Trinajstić information content (AvgIpc) is 2.71. The lowest BCUT2D eigenvalue weighted by Gasteiger charge is -2.01. The third-order valence-electron chi connectivity index (χ3n) is 2.81. The first-order valence-electron chi connectivity index (χ1n) is 5.05. The normalized spacial score (nSPS) is 16.1. The molecule has 4 nitrogen and oxygen atoms in total. The predicted octanol–water partition coefficient (Wildman–Crippen LogP) is 1.75. The minimum Gasteiger partial charge on any atom is -0.478 e. The van der Waals surface area contributed by atoms with E-state index in [-0.39, 0.29) is 0 Å². The van der Waals surface area contributed by atoms with E-state index >= 15 is 0 Å². The Kier molecular flexibility index (Phi) is 2.34. The molecule has 0 saturated carbocycles. The molecule has 1 heterocycles. The lowest BCUT2D eigenvalue weighted by molar-refractivity contribution is -0.132. The summed E-state index contributed by atoms with van der Waals surface area (Å²) in [7, 11) is 1.85. The fourth-order valence-corrected chi connectivity index (χ4v) is 2.17. The number of aliphatic carboxylic acids is 1. The Morgan fingerprint density at radius 1 is 1.53 bits per heavy atom. The number of carboxylic acids is 1. The van der Waals surface area contributed by atoms with Crippen molar-refractivity contribution in [2.75, 3.05) is 0 Å². The lowest BCUT2D eigenvalue weighted by atomic mass is 10.0. The van der Waals surface area contributed by atoms with Gasteiger partial charge in [0.15, 0.2) is 0 Å². The van der Waals surface area contributed by atoms with E-state index in [0.717, 1.165) is 29.7 Å². The third kappa shape index (κ3) is 1.67. The summed E-state index contributed by atoms with van der Waals surface area (Å²) in [5.74, 6) is -0.786. The summed E-state index contributed by atoms with van der Waals surface area (Å²) >= 11 is 0. The molecule has 0 aromatic carbocycles. The van der Waals surface area contributed by atoms with Gasteiger partial charge in [0.05, 0.1) is 5.69 Å². The van der Waals surface area contributed by atoms with Crippen LogP contribution in [0.15, 0.2) is 11.8 Å². The zero-order valence-electron chi connectivity index (χ0n) is 8.95. The Morgan fingerprint density at radius 3 is 2.80 bits per heavy atom. The van der Waals surface area contributed by atoms with Crippen LogP contribution >= 0.6 is 0 Å². The van der Waals surface area contributed by atoms with E-state index < -0.39 is 5.97 Å². The minimum atomic E-state index is -0.786. The van der Waals surface area contributed by atoms with Gasteiger partial charge in [0.2, 0.25) is 0 Å². The molecule has 1 aliphatic rings. The van der Waals surface area contributed by atoms with Crippen LogP contribution in [0.5, 0.6) is 0 Å². The van der Waals surface area contributed by atoms with Crippen LogP contribution in [0, 0.1) is 6.92 Å². The Morgan fingerprint density at radius 2 is 2.27 bits per heavy atom. The van der Waals surface area contributed by atoms with E-state index in [9.17, 15) is 4.79 Å². The number of allylic oxidation sites excluding steroid dienone is 1. The van der Waals surface area contributed by atoms with E-state index in [1.165, 1.54) is 0 Å². The standard InChI is InChI=1S/C11H14N2O2/c1-7-10(6-13(2)12-7)8-4-3-5-9(8)11(14)15/h6H,3-5H2,1-2H3,(H,14,15). The second-order valence-corrected chi connectivity index (χ2v) is 3.92. The molecule has 1 aromatic heterocycles. The molecule has 0 spiro atoms. The maximum Gasteiger partial charge on any atom is 0.331 e. The summed E-state index contributed by atoms with van der Waals surface area (Å²) in [5, 5.41) is 13.3. The summed E-state index contributed by atoms with van der Waals surface area (Å²) < 4.78 is 1.73. The van der Waals surface area contributed by atoms with Gasteiger partial charge in [0.1, 0.15) is 0 Å². The molecule has 0 amide bonds. The smallest absolute Gasteiger partial charge is 0.331 e. The highest BCUT2D eigenvalue weighted by atomic mass is 16.4. The molecule has 15 heavy (non-hydrogen) atoms. The first-order chi connectivity index (χ1) is 7.09. The average molecular weight is 206 g/mol. The molecule has 1 aromatic rings. The van der Waals surface area contributed by atoms with Crippen LogP contribution < -0.4 is 0 Å². The number of aromatic nitrogens is 2. The number of aryl methyl sites for hydroxylation is 2. The van der Waals surface area contributed by atoms with Gasteiger partial charge in [0, 0.05) is 24.4 Å². The number of carboxylic acid groups (broad SMARTS) is 1. The first kappa shape index (κ1) is 9.96. The molecule has 4 heteroatoms. The predicted molar refractivity (Wildman–Crippen MR) is 56.4 cm³/mol. The molecule has 0 atom stereocenters. The van der Waals surface area contributed by atoms with Gasteiger partial charge in [-0.2, -0.15) is 5.10 Å². The Labute approximate surface area is 88.2 Å². The summed E-state index contributed by atoms with van der Waals surface area (Å²) in [6.45, 7) is 1.92. The second kappa shape index (κ2) is 3.53. The van der Waals surface area contributed by atoms with Crippen molar-refractivity contribution >= 4 is 11.5 Å². The van der Waals surface area contributed by atoms with Crippen molar-refractivity contribution in [3.05, 3.63) is 23.0 Å². The van der Waals surface area contributed by atoms with E-state index in [4.69, 9.17) is 5.11 Å². The van der Waals surface area contributed by atoms with Crippen LogP contribution in [0.3, 0.4) is 0 Å². The number of hydrogen-bond acceptors (Lipinski definition) is 2. The van der Waals surface area contributed by atoms with E-state index in [2.05, 4.69) is 5.10 Å². The quantitative estimate of drug-likeness (QED) is 0.802. The number of hydrogen-bond donors (Lipinski definition) is 1. The fraction of sp³-hybridized carbons (Fsp3) is 0.455. The van der Waals surface area contributed by atoms with Crippen molar-refractivity contribution in [1.82, 2.24) is 9.78 Å². The van der Waals surface area contributed by atoms with Crippen LogP contribution in [0.2, 0.25) is 0 Å². The lowest BCUT2D eigenvalue weighted by Crippen LogP contribution is -1.99. The number of carbonyl (C=O) groups is 1. The van der Waals surface area contributed by atoms with Gasteiger partial charge < -0.3 is 5.11 Å². The molecule has 0 bridgehead atoms. The molecule has 0 unspecified atom stereocenters. The summed E-state index contributed by atoms with van der Waals surface area (Å²) in [6.07, 6.45) is 4.37. The van der Waals surface area contributed by atoms with Crippen molar-refractivity contribution in [3.63, 3.8) is 0 Å². The molecule has 0 fully saturated rings. The minimum absolute atomic E-state index is 0.561. The molecule has 1 N–H and O–H groups in total. The zero-order valence-corrected chi connectivity index (χ0v) is 8.95. The second-order valence-electron chi connectivity index (χ2n) is 3.92. The molecule has 0 saturated heterocycles. The van der Waals surface area contributed by atoms with Gasteiger partial charge in [-0.3, -0.25) is 4.68 Å².